The fourth-order valence-corrected chi connectivity index (χ4v) is 11.1. The predicted molar refractivity (Wildman–Crippen MR) is 170 cm³/mol. The van der Waals surface area contributed by atoms with Crippen LogP contribution < -0.4 is 0 Å². The molecule has 4 bridgehead atoms. The Labute approximate surface area is 268 Å². The number of fused-ring (bicyclic) bond motifs is 2. The molecule has 0 radical (unpaired) electrons. The number of esters is 2. The molecule has 5 saturated carbocycles. The molecule has 246 valence electrons. The Kier molecular flexibility index (Phi) is 9.57. The molecule has 7 rings (SSSR count). The van der Waals surface area contributed by atoms with Gasteiger partial charge in [-0.25, -0.2) is 4.79 Å². The molecule has 6 atom stereocenters. The number of allylic oxidation sites excluding steroid dienone is 5. The van der Waals surface area contributed by atoms with Crippen molar-refractivity contribution in [1.29, 1.82) is 0 Å². The van der Waals surface area contributed by atoms with Gasteiger partial charge in [-0.1, -0.05) is 31.6 Å². The van der Waals surface area contributed by atoms with Gasteiger partial charge in [0.2, 0.25) is 0 Å². The van der Waals surface area contributed by atoms with Gasteiger partial charge in [-0.15, -0.1) is 0 Å². The van der Waals surface area contributed by atoms with E-state index in [0.29, 0.717) is 30.4 Å². The Morgan fingerprint density at radius 3 is 2.33 bits per heavy atom. The Morgan fingerprint density at radius 1 is 1.00 bits per heavy atom. The van der Waals surface area contributed by atoms with Crippen LogP contribution in [0.2, 0.25) is 0 Å². The Hall–Kier alpha value is -2.54. The number of carbonyl (C=O) groups excluding carboxylic acids is 4. The van der Waals surface area contributed by atoms with Crippen LogP contribution in [0.25, 0.3) is 0 Å². The smallest absolute Gasteiger partial charge is 0.330 e. The molecule has 0 aromatic heterocycles. The number of hydrogen-bond acceptors (Lipinski definition) is 7. The summed E-state index contributed by atoms with van der Waals surface area (Å²) in [5.41, 5.74) is 2.00. The SMILES string of the molecule is CC1=CC(=O)[C@H]2/C(C=O)=C\C[C@H]3[C@@H]([C@@H](C)/C=C/C(=O)OCCOCCOC(=O)CC45CC6CC(CC(C6)C4)C5)CC[C@]3(C)C[C@H]12. The van der Waals surface area contributed by atoms with Crippen LogP contribution in [0, 0.1) is 58.2 Å². The van der Waals surface area contributed by atoms with Gasteiger partial charge < -0.3 is 14.2 Å². The first-order chi connectivity index (χ1) is 21.6. The third-order valence-corrected chi connectivity index (χ3v) is 12.8. The normalized spacial score (nSPS) is 40.2. The van der Waals surface area contributed by atoms with Gasteiger partial charge in [0.1, 0.15) is 19.5 Å². The van der Waals surface area contributed by atoms with Gasteiger partial charge in [-0.3, -0.25) is 14.4 Å². The summed E-state index contributed by atoms with van der Waals surface area (Å²) >= 11 is 0. The molecular weight excluding hydrogens is 568 g/mol. The van der Waals surface area contributed by atoms with Crippen molar-refractivity contribution in [2.75, 3.05) is 26.4 Å². The summed E-state index contributed by atoms with van der Waals surface area (Å²) in [6.07, 6.45) is 20.2. The highest BCUT2D eigenvalue weighted by Crippen LogP contribution is 2.61. The molecule has 7 heteroatoms. The second-order valence-electron chi connectivity index (χ2n) is 15.9. The Balaban J connectivity index is 0.894. The summed E-state index contributed by atoms with van der Waals surface area (Å²) in [6, 6.07) is 0. The zero-order valence-electron chi connectivity index (χ0n) is 27.5. The van der Waals surface area contributed by atoms with E-state index < -0.39 is 0 Å². The van der Waals surface area contributed by atoms with Crippen molar-refractivity contribution < 1.29 is 33.4 Å². The van der Waals surface area contributed by atoms with Gasteiger partial charge in [-0.05, 0) is 135 Å². The van der Waals surface area contributed by atoms with Crippen molar-refractivity contribution in [1.82, 2.24) is 0 Å². The highest BCUT2D eigenvalue weighted by molar-refractivity contribution is 6.01. The van der Waals surface area contributed by atoms with Crippen molar-refractivity contribution in [2.45, 2.75) is 91.4 Å². The number of rotatable bonds is 12. The molecule has 7 nitrogen and oxygen atoms in total. The summed E-state index contributed by atoms with van der Waals surface area (Å²) in [7, 11) is 0. The summed E-state index contributed by atoms with van der Waals surface area (Å²) in [5.74, 6) is 2.77. The van der Waals surface area contributed by atoms with Crippen LogP contribution in [0.1, 0.15) is 91.4 Å². The van der Waals surface area contributed by atoms with Gasteiger partial charge in [0.25, 0.3) is 0 Å². The minimum absolute atomic E-state index is 0.0681. The minimum Gasteiger partial charge on any atom is -0.463 e. The molecule has 0 heterocycles. The van der Waals surface area contributed by atoms with E-state index in [1.165, 1.54) is 44.6 Å². The van der Waals surface area contributed by atoms with Gasteiger partial charge in [-0.2, -0.15) is 0 Å². The van der Waals surface area contributed by atoms with Gasteiger partial charge in [0.05, 0.1) is 25.6 Å². The number of hydrogen-bond donors (Lipinski definition) is 0. The number of aldehydes is 1. The van der Waals surface area contributed by atoms with Gasteiger partial charge >= 0.3 is 11.9 Å². The van der Waals surface area contributed by atoms with E-state index in [-0.39, 0.29) is 66.1 Å². The molecule has 7 aliphatic carbocycles. The molecule has 0 unspecified atom stereocenters. The fraction of sp³-hybridized carbons (Fsp3) is 0.737. The molecule has 0 amide bonds. The summed E-state index contributed by atoms with van der Waals surface area (Å²) in [4.78, 5) is 49.6. The van der Waals surface area contributed by atoms with Gasteiger partial charge in [0.15, 0.2) is 5.78 Å². The van der Waals surface area contributed by atoms with Crippen molar-refractivity contribution >= 4 is 24.0 Å². The quantitative estimate of drug-likeness (QED) is 0.105. The number of carbonyl (C=O) groups is 4. The summed E-state index contributed by atoms with van der Waals surface area (Å²) < 4.78 is 16.4. The van der Waals surface area contributed by atoms with Crippen LogP contribution in [0.4, 0.5) is 0 Å². The predicted octanol–water partition coefficient (Wildman–Crippen LogP) is 6.60. The lowest BCUT2D eigenvalue weighted by molar-refractivity contribution is -0.153. The lowest BCUT2D eigenvalue weighted by Crippen LogP contribution is -2.47. The van der Waals surface area contributed by atoms with E-state index in [1.54, 1.807) is 6.08 Å². The van der Waals surface area contributed by atoms with E-state index in [4.69, 9.17) is 14.2 Å². The van der Waals surface area contributed by atoms with Crippen LogP contribution >= 0.6 is 0 Å². The maximum Gasteiger partial charge on any atom is 0.330 e. The van der Waals surface area contributed by atoms with Crippen LogP contribution in [0.5, 0.6) is 0 Å². The molecule has 7 aliphatic rings. The third-order valence-electron chi connectivity index (χ3n) is 12.8. The molecule has 0 spiro atoms. The Morgan fingerprint density at radius 2 is 1.67 bits per heavy atom. The average Bonchev–Trinajstić information content (AvgIpc) is 3.43. The number of ketones is 1. The number of ether oxygens (including phenoxy) is 3. The van der Waals surface area contributed by atoms with Crippen LogP contribution in [-0.2, 0) is 33.4 Å². The highest BCUT2D eigenvalue weighted by Gasteiger charge is 2.52. The molecule has 45 heavy (non-hydrogen) atoms. The monoisotopic (exact) mass is 620 g/mol. The Bertz CT molecular complexity index is 1220. The lowest BCUT2D eigenvalue weighted by atomic mass is 9.49. The van der Waals surface area contributed by atoms with Crippen LogP contribution in [0.15, 0.2) is 35.5 Å². The van der Waals surface area contributed by atoms with Gasteiger partial charge in [0, 0.05) is 6.08 Å². The minimum atomic E-state index is -0.387. The topological polar surface area (TPSA) is 96.0 Å². The van der Waals surface area contributed by atoms with E-state index in [9.17, 15) is 19.2 Å². The highest BCUT2D eigenvalue weighted by atomic mass is 16.6. The summed E-state index contributed by atoms with van der Waals surface area (Å²) in [6.45, 7) is 7.46. The van der Waals surface area contributed by atoms with Crippen molar-refractivity contribution in [3.05, 3.63) is 35.5 Å². The van der Waals surface area contributed by atoms with Crippen molar-refractivity contribution in [3.8, 4) is 0 Å². The fourth-order valence-electron chi connectivity index (χ4n) is 11.1. The van der Waals surface area contributed by atoms with E-state index in [2.05, 4.69) is 13.8 Å². The first kappa shape index (κ1) is 32.4. The molecule has 0 aliphatic heterocycles. The maximum absolute atomic E-state index is 12.7. The first-order valence-corrected chi connectivity index (χ1v) is 17.5. The molecule has 5 fully saturated rings. The molecule has 0 N–H and O–H groups in total. The second kappa shape index (κ2) is 13.3. The van der Waals surface area contributed by atoms with Crippen molar-refractivity contribution in [3.63, 3.8) is 0 Å². The summed E-state index contributed by atoms with van der Waals surface area (Å²) in [5, 5.41) is 0. The van der Waals surface area contributed by atoms with Crippen LogP contribution in [-0.4, -0.2) is 50.4 Å². The molecular formula is C38H52O7. The zero-order chi connectivity index (χ0) is 31.8. The first-order valence-electron chi connectivity index (χ1n) is 17.5. The third kappa shape index (κ3) is 6.94. The average molecular weight is 621 g/mol. The standard InChI is InChI=1S/C38H52O7/c1-24(30-8-9-37(3)21-31-25(2)14-33(40)36(31)29(23-39)5-6-32(30)37)4-7-34(41)44-12-10-43-11-13-45-35(42)22-38-18-26-15-27(19-38)17-28(16-26)20-38/h4-5,7,14,23-24,26-28,30-32,36H,6,8-13,15-22H2,1-3H3/b7-4+,29-5-/t24-,26?,27?,28?,30+,31+,32-,36-,37+,38?/m0/s1. The van der Waals surface area contributed by atoms with Crippen LogP contribution in [0.3, 0.4) is 0 Å². The van der Waals surface area contributed by atoms with E-state index in [1.807, 2.05) is 19.1 Å². The lowest BCUT2D eigenvalue weighted by Gasteiger charge is -2.56. The zero-order valence-corrected chi connectivity index (χ0v) is 27.5. The van der Waals surface area contributed by atoms with E-state index >= 15 is 0 Å². The molecule has 0 aromatic carbocycles. The van der Waals surface area contributed by atoms with E-state index in [0.717, 1.165) is 55.3 Å². The molecule has 0 saturated heterocycles. The molecule has 0 aromatic rings. The second-order valence-corrected chi connectivity index (χ2v) is 15.9. The maximum atomic E-state index is 12.7. The largest absolute Gasteiger partial charge is 0.463 e. The van der Waals surface area contributed by atoms with Crippen molar-refractivity contribution in [2.24, 2.45) is 58.2 Å².